The second-order valence-electron chi connectivity index (χ2n) is 3.10. The van der Waals surface area contributed by atoms with Gasteiger partial charge >= 0.3 is 0 Å². The normalized spacial score (nSPS) is 10.2. The summed E-state index contributed by atoms with van der Waals surface area (Å²) >= 11 is 0. The van der Waals surface area contributed by atoms with Crippen molar-refractivity contribution in [3.8, 4) is 5.88 Å². The number of unbranched alkanes of at least 4 members (excludes halogenated alkanes) is 1. The van der Waals surface area contributed by atoms with E-state index in [2.05, 4.69) is 16.9 Å². The second-order valence-corrected chi connectivity index (χ2v) is 3.10. The minimum Gasteiger partial charge on any atom is -0.474 e. The number of nitrogen functional groups attached to an aromatic ring is 1. The molecule has 0 unspecified atom stereocenters. The second kappa shape index (κ2) is 7.00. The zero-order valence-electron chi connectivity index (χ0n) is 8.98. The highest BCUT2D eigenvalue weighted by atomic mass is 16.5. The van der Waals surface area contributed by atoms with Crippen molar-refractivity contribution in [1.82, 2.24) is 9.97 Å². The van der Waals surface area contributed by atoms with E-state index in [-0.39, 0.29) is 0 Å². The Hall–Kier alpha value is -1.36. The summed E-state index contributed by atoms with van der Waals surface area (Å²) in [6.07, 6.45) is 5.23. The fraction of sp³-hybridized carbons (Fsp3) is 0.600. The summed E-state index contributed by atoms with van der Waals surface area (Å²) in [5.41, 5.74) is 5.44. The molecule has 0 amide bonds. The molecule has 0 saturated heterocycles. The highest BCUT2D eigenvalue weighted by molar-refractivity contribution is 5.25. The van der Waals surface area contributed by atoms with Crippen molar-refractivity contribution >= 4 is 5.82 Å². The summed E-state index contributed by atoms with van der Waals surface area (Å²) in [6, 6.07) is 0. The third-order valence-corrected chi connectivity index (χ3v) is 1.75. The molecule has 0 aromatic carbocycles. The maximum absolute atomic E-state index is 5.44. The Kier molecular flexibility index (Phi) is 5.47. The zero-order valence-corrected chi connectivity index (χ0v) is 8.98. The van der Waals surface area contributed by atoms with Crippen LogP contribution in [0.25, 0.3) is 0 Å². The Morgan fingerprint density at radius 1 is 1.27 bits per heavy atom. The Morgan fingerprint density at radius 2 is 2.13 bits per heavy atom. The fourth-order valence-corrected chi connectivity index (χ4v) is 0.986. The number of nitrogens with zero attached hydrogens (tertiary/aromatic N) is 2. The van der Waals surface area contributed by atoms with Crippen molar-refractivity contribution in [3.63, 3.8) is 0 Å². The van der Waals surface area contributed by atoms with Crippen molar-refractivity contribution < 1.29 is 9.47 Å². The number of aromatic nitrogens is 2. The van der Waals surface area contributed by atoms with Gasteiger partial charge in [-0.25, -0.2) is 0 Å². The summed E-state index contributed by atoms with van der Waals surface area (Å²) in [5.74, 6) is 0.800. The molecule has 0 spiro atoms. The molecule has 0 radical (unpaired) electrons. The zero-order chi connectivity index (χ0) is 10.9. The van der Waals surface area contributed by atoms with Crippen LogP contribution in [0.4, 0.5) is 5.82 Å². The van der Waals surface area contributed by atoms with Crippen LogP contribution < -0.4 is 10.5 Å². The van der Waals surface area contributed by atoms with Crippen molar-refractivity contribution in [1.29, 1.82) is 0 Å². The molecule has 1 rings (SSSR count). The molecule has 5 nitrogen and oxygen atoms in total. The van der Waals surface area contributed by atoms with Gasteiger partial charge in [0, 0.05) is 6.61 Å². The molecule has 1 aromatic heterocycles. The van der Waals surface area contributed by atoms with E-state index in [1.54, 1.807) is 0 Å². The maximum Gasteiger partial charge on any atom is 0.234 e. The molecule has 84 valence electrons. The van der Waals surface area contributed by atoms with Gasteiger partial charge in [-0.1, -0.05) is 13.3 Å². The molecule has 0 atom stereocenters. The van der Waals surface area contributed by atoms with Crippen molar-refractivity contribution in [2.75, 3.05) is 25.6 Å². The summed E-state index contributed by atoms with van der Waals surface area (Å²) in [6.45, 7) is 3.95. The SMILES string of the molecule is CCCCOCCOc1cncc(N)n1. The van der Waals surface area contributed by atoms with E-state index in [1.165, 1.54) is 12.4 Å². The van der Waals surface area contributed by atoms with Crippen LogP contribution >= 0.6 is 0 Å². The molecule has 1 aromatic rings. The molecule has 0 bridgehead atoms. The molecular formula is C10H17N3O2. The number of nitrogens with two attached hydrogens (primary N) is 1. The number of hydrogen-bond donors (Lipinski definition) is 1. The lowest BCUT2D eigenvalue weighted by Gasteiger charge is -2.05. The highest BCUT2D eigenvalue weighted by Crippen LogP contribution is 2.05. The standard InChI is InChI=1S/C10H17N3O2/c1-2-3-4-14-5-6-15-10-8-12-7-9(11)13-10/h7-8H,2-6H2,1H3,(H2,11,13). The Balaban J connectivity index is 2.10. The Labute approximate surface area is 89.6 Å². The lowest BCUT2D eigenvalue weighted by Crippen LogP contribution is -2.08. The minimum absolute atomic E-state index is 0.361. The minimum atomic E-state index is 0.361. The van der Waals surface area contributed by atoms with E-state index >= 15 is 0 Å². The Morgan fingerprint density at radius 3 is 2.87 bits per heavy atom. The predicted octanol–water partition coefficient (Wildman–Crippen LogP) is 1.25. The van der Waals surface area contributed by atoms with Gasteiger partial charge in [-0.15, -0.1) is 0 Å². The van der Waals surface area contributed by atoms with Crippen molar-refractivity contribution in [2.45, 2.75) is 19.8 Å². The van der Waals surface area contributed by atoms with Crippen molar-refractivity contribution in [2.24, 2.45) is 0 Å². The maximum atomic E-state index is 5.44. The largest absolute Gasteiger partial charge is 0.474 e. The van der Waals surface area contributed by atoms with Gasteiger partial charge in [0.1, 0.15) is 12.4 Å². The smallest absolute Gasteiger partial charge is 0.234 e. The molecule has 0 saturated carbocycles. The molecular weight excluding hydrogens is 194 g/mol. The highest BCUT2D eigenvalue weighted by Gasteiger charge is 1.96. The molecule has 15 heavy (non-hydrogen) atoms. The van der Waals surface area contributed by atoms with E-state index in [1.807, 2.05) is 0 Å². The van der Waals surface area contributed by atoms with E-state index in [0.29, 0.717) is 24.9 Å². The number of ether oxygens (including phenoxy) is 2. The topological polar surface area (TPSA) is 70.3 Å². The average molecular weight is 211 g/mol. The average Bonchev–Trinajstić information content (AvgIpc) is 2.23. The van der Waals surface area contributed by atoms with E-state index in [4.69, 9.17) is 15.2 Å². The van der Waals surface area contributed by atoms with Crippen molar-refractivity contribution in [3.05, 3.63) is 12.4 Å². The van der Waals surface area contributed by atoms with E-state index < -0.39 is 0 Å². The van der Waals surface area contributed by atoms with Crippen LogP contribution in [0.5, 0.6) is 5.88 Å². The lowest BCUT2D eigenvalue weighted by atomic mass is 10.4. The molecule has 1 heterocycles. The lowest BCUT2D eigenvalue weighted by molar-refractivity contribution is 0.0964. The summed E-state index contributed by atoms with van der Waals surface area (Å²) in [5, 5.41) is 0. The number of hydrogen-bond acceptors (Lipinski definition) is 5. The van der Waals surface area contributed by atoms with Crippen LogP contribution in [0, 0.1) is 0 Å². The van der Waals surface area contributed by atoms with E-state index in [9.17, 15) is 0 Å². The first-order valence-corrected chi connectivity index (χ1v) is 5.11. The van der Waals surface area contributed by atoms with Crippen LogP contribution in [-0.2, 0) is 4.74 Å². The van der Waals surface area contributed by atoms with Crippen LogP contribution in [0.3, 0.4) is 0 Å². The summed E-state index contributed by atoms with van der Waals surface area (Å²) < 4.78 is 10.6. The van der Waals surface area contributed by atoms with Gasteiger partial charge in [0.15, 0.2) is 0 Å². The fourth-order valence-electron chi connectivity index (χ4n) is 0.986. The van der Waals surface area contributed by atoms with Gasteiger partial charge in [-0.05, 0) is 6.42 Å². The number of rotatable bonds is 7. The molecule has 0 aliphatic heterocycles. The van der Waals surface area contributed by atoms with E-state index in [0.717, 1.165) is 19.4 Å². The molecule has 0 aliphatic rings. The van der Waals surface area contributed by atoms with Gasteiger partial charge in [0.05, 0.1) is 19.0 Å². The van der Waals surface area contributed by atoms with Gasteiger partial charge in [0.25, 0.3) is 0 Å². The van der Waals surface area contributed by atoms with Gasteiger partial charge in [0.2, 0.25) is 5.88 Å². The monoisotopic (exact) mass is 211 g/mol. The third-order valence-electron chi connectivity index (χ3n) is 1.75. The van der Waals surface area contributed by atoms with Gasteiger partial charge in [-0.2, -0.15) is 4.98 Å². The Bertz CT molecular complexity index is 281. The number of anilines is 1. The summed E-state index contributed by atoms with van der Waals surface area (Å²) in [4.78, 5) is 7.80. The van der Waals surface area contributed by atoms with Gasteiger partial charge in [-0.3, -0.25) is 4.98 Å². The first-order valence-electron chi connectivity index (χ1n) is 5.11. The van der Waals surface area contributed by atoms with Gasteiger partial charge < -0.3 is 15.2 Å². The predicted molar refractivity (Wildman–Crippen MR) is 57.7 cm³/mol. The van der Waals surface area contributed by atoms with Crippen LogP contribution in [0.1, 0.15) is 19.8 Å². The molecule has 0 aliphatic carbocycles. The summed E-state index contributed by atoms with van der Waals surface area (Å²) in [7, 11) is 0. The molecule has 2 N–H and O–H groups in total. The van der Waals surface area contributed by atoms with Crippen LogP contribution in [0.2, 0.25) is 0 Å². The molecule has 0 fully saturated rings. The quantitative estimate of drug-likeness (QED) is 0.687. The third kappa shape index (κ3) is 5.17. The first-order chi connectivity index (χ1) is 7.33. The van der Waals surface area contributed by atoms with Crippen LogP contribution in [0.15, 0.2) is 12.4 Å². The first kappa shape index (κ1) is 11.7. The molecule has 5 heteroatoms. The van der Waals surface area contributed by atoms with Crippen LogP contribution in [-0.4, -0.2) is 29.8 Å².